The first kappa shape index (κ1) is 12.9. The van der Waals surface area contributed by atoms with Crippen LogP contribution in [-0.2, 0) is 15.5 Å². The Bertz CT molecular complexity index is 374. The molecular weight excluding hydrogens is 252 g/mol. The molecule has 1 rings (SSSR count). The summed E-state index contributed by atoms with van der Waals surface area (Å²) in [5.41, 5.74) is 0. The highest BCUT2D eigenvalue weighted by Crippen LogP contribution is 2.18. The normalized spacial score (nSPS) is 14.8. The smallest absolute Gasteiger partial charge is 0.363 e. The predicted octanol–water partition coefficient (Wildman–Crippen LogP) is 2.36. The molecule has 2 unspecified atom stereocenters. The Morgan fingerprint density at radius 3 is 2.38 bits per heavy atom. The molecule has 1 aromatic carbocycles. The minimum atomic E-state index is -3.45. The first-order valence-electron chi connectivity index (χ1n) is 3.94. The van der Waals surface area contributed by atoms with Crippen LogP contribution in [0.15, 0.2) is 24.3 Å². The van der Waals surface area contributed by atoms with Gasteiger partial charge in [-0.25, -0.2) is 21.7 Å². The molecule has 90 valence electrons. The number of benzene rings is 1. The van der Waals surface area contributed by atoms with Crippen molar-refractivity contribution >= 4 is 11.4 Å². The van der Waals surface area contributed by atoms with Crippen LogP contribution < -0.4 is 4.18 Å². The third-order valence-corrected chi connectivity index (χ3v) is 2.02. The summed E-state index contributed by atoms with van der Waals surface area (Å²) in [6.07, 6.45) is -6.50. The van der Waals surface area contributed by atoms with Crippen LogP contribution in [0, 0.1) is 5.82 Å². The van der Waals surface area contributed by atoms with E-state index < -0.39 is 35.7 Å². The summed E-state index contributed by atoms with van der Waals surface area (Å²) in [5.74, 6) is -1.35. The maximum Gasteiger partial charge on any atom is 0.363 e. The number of hydrogen-bond donors (Lipinski definition) is 0. The van der Waals surface area contributed by atoms with Crippen LogP contribution in [0.3, 0.4) is 0 Å². The second-order valence-corrected chi connectivity index (χ2v) is 3.27. The summed E-state index contributed by atoms with van der Waals surface area (Å²) in [6, 6.07) is 4.78. The monoisotopic (exact) mass is 258 g/mol. The van der Waals surface area contributed by atoms with Crippen LogP contribution in [0.2, 0.25) is 0 Å². The maximum absolute atomic E-state index is 12.9. The second kappa shape index (κ2) is 5.80. The van der Waals surface area contributed by atoms with E-state index in [1.807, 2.05) is 0 Å². The molecule has 0 aromatic heterocycles. The number of alkyl halides is 3. The van der Waals surface area contributed by atoms with Gasteiger partial charge in [-0.1, -0.05) is 12.1 Å². The first-order chi connectivity index (χ1) is 7.50. The lowest BCUT2D eigenvalue weighted by Crippen LogP contribution is -2.20. The molecular formula is C8H6F4O3S. The molecule has 0 spiro atoms. The van der Waals surface area contributed by atoms with Crippen molar-refractivity contribution in [2.45, 2.75) is 12.8 Å². The van der Waals surface area contributed by atoms with Crippen LogP contribution in [0.5, 0.6) is 5.75 Å². The standard InChI is InChI=1S/C8H6F4O3S/c9-5-3-1-2-4-6(5)14-16(13)15-8(12)7(10)11/h1-4,7-8H. The molecule has 0 heterocycles. The van der Waals surface area contributed by atoms with E-state index in [1.165, 1.54) is 12.1 Å². The fraction of sp³-hybridized carbons (Fsp3) is 0.250. The van der Waals surface area contributed by atoms with Gasteiger partial charge in [-0.15, -0.1) is 0 Å². The van der Waals surface area contributed by atoms with E-state index in [2.05, 4.69) is 8.37 Å². The van der Waals surface area contributed by atoms with Gasteiger partial charge >= 0.3 is 11.4 Å². The lowest BCUT2D eigenvalue weighted by Gasteiger charge is -2.08. The second-order valence-electron chi connectivity index (χ2n) is 2.50. The average molecular weight is 258 g/mol. The van der Waals surface area contributed by atoms with Crippen LogP contribution in [-0.4, -0.2) is 17.0 Å². The van der Waals surface area contributed by atoms with Gasteiger partial charge in [0.25, 0.3) is 12.8 Å². The van der Waals surface area contributed by atoms with Gasteiger partial charge in [-0.3, -0.25) is 0 Å². The van der Waals surface area contributed by atoms with Gasteiger partial charge in [0.1, 0.15) is 0 Å². The van der Waals surface area contributed by atoms with Crippen molar-refractivity contribution < 1.29 is 30.1 Å². The fourth-order valence-electron chi connectivity index (χ4n) is 0.722. The van der Waals surface area contributed by atoms with Gasteiger partial charge in [0.15, 0.2) is 11.6 Å². The number of hydrogen-bond acceptors (Lipinski definition) is 3. The molecule has 0 aliphatic heterocycles. The summed E-state index contributed by atoms with van der Waals surface area (Å²) < 4.78 is 67.1. The van der Waals surface area contributed by atoms with Crippen LogP contribution in [0.1, 0.15) is 0 Å². The highest BCUT2D eigenvalue weighted by molar-refractivity contribution is 7.75. The van der Waals surface area contributed by atoms with E-state index in [4.69, 9.17) is 0 Å². The average Bonchev–Trinajstić information content (AvgIpc) is 2.21. The Balaban J connectivity index is 2.55. The lowest BCUT2D eigenvalue weighted by molar-refractivity contribution is -0.0634. The SMILES string of the molecule is O=S(Oc1ccccc1F)OC(F)C(F)F. The molecule has 0 radical (unpaired) electrons. The highest BCUT2D eigenvalue weighted by atomic mass is 32.2. The molecule has 1 aromatic rings. The van der Waals surface area contributed by atoms with Gasteiger partial charge in [0.2, 0.25) is 0 Å². The Kier molecular flexibility index (Phi) is 4.69. The summed E-state index contributed by atoms with van der Waals surface area (Å²) in [6.45, 7) is 0. The van der Waals surface area contributed by atoms with Gasteiger partial charge in [0, 0.05) is 0 Å². The van der Waals surface area contributed by atoms with E-state index >= 15 is 0 Å². The molecule has 0 saturated carbocycles. The van der Waals surface area contributed by atoms with Gasteiger partial charge < -0.3 is 4.18 Å². The zero-order valence-electron chi connectivity index (χ0n) is 7.61. The zero-order chi connectivity index (χ0) is 12.1. The van der Waals surface area contributed by atoms with E-state index in [9.17, 15) is 21.8 Å². The van der Waals surface area contributed by atoms with Crippen molar-refractivity contribution in [1.29, 1.82) is 0 Å². The van der Waals surface area contributed by atoms with Crippen molar-refractivity contribution in [2.75, 3.05) is 0 Å². The summed E-state index contributed by atoms with van der Waals surface area (Å²) in [4.78, 5) is 0. The zero-order valence-corrected chi connectivity index (χ0v) is 8.43. The summed E-state index contributed by atoms with van der Waals surface area (Å²) in [7, 11) is 0. The molecule has 0 fully saturated rings. The number of halogens is 4. The summed E-state index contributed by atoms with van der Waals surface area (Å²) in [5, 5.41) is 0. The molecule has 0 N–H and O–H groups in total. The molecule has 0 aliphatic carbocycles. The largest absolute Gasteiger partial charge is 0.377 e. The van der Waals surface area contributed by atoms with Crippen molar-refractivity contribution in [3.63, 3.8) is 0 Å². The topological polar surface area (TPSA) is 35.5 Å². The molecule has 0 bridgehead atoms. The maximum atomic E-state index is 12.9. The third-order valence-electron chi connectivity index (χ3n) is 1.36. The third kappa shape index (κ3) is 3.78. The molecule has 3 nitrogen and oxygen atoms in total. The molecule has 0 saturated heterocycles. The predicted molar refractivity (Wildman–Crippen MR) is 47.2 cm³/mol. The number of para-hydroxylation sites is 1. The minimum Gasteiger partial charge on any atom is -0.377 e. The van der Waals surface area contributed by atoms with Crippen LogP contribution in [0.4, 0.5) is 17.6 Å². The lowest BCUT2D eigenvalue weighted by atomic mass is 10.3. The summed E-state index contributed by atoms with van der Waals surface area (Å²) >= 11 is -2.83. The molecule has 16 heavy (non-hydrogen) atoms. The van der Waals surface area contributed by atoms with Gasteiger partial charge in [-0.05, 0) is 12.1 Å². The van der Waals surface area contributed by atoms with E-state index in [-0.39, 0.29) is 0 Å². The molecule has 8 heteroatoms. The Labute approximate surface area is 90.8 Å². The Morgan fingerprint density at radius 2 is 1.81 bits per heavy atom. The molecule has 0 amide bonds. The van der Waals surface area contributed by atoms with Crippen molar-refractivity contribution in [3.8, 4) is 5.75 Å². The quantitative estimate of drug-likeness (QED) is 0.760. The van der Waals surface area contributed by atoms with Crippen LogP contribution in [0.25, 0.3) is 0 Å². The van der Waals surface area contributed by atoms with Crippen molar-refractivity contribution in [3.05, 3.63) is 30.1 Å². The molecule has 2 atom stereocenters. The first-order valence-corrected chi connectivity index (χ1v) is 4.94. The Hall–Kier alpha value is -1.15. The van der Waals surface area contributed by atoms with Crippen LogP contribution >= 0.6 is 0 Å². The Morgan fingerprint density at radius 1 is 1.19 bits per heavy atom. The van der Waals surface area contributed by atoms with Gasteiger partial charge in [-0.2, -0.15) is 4.21 Å². The van der Waals surface area contributed by atoms with E-state index in [0.29, 0.717) is 0 Å². The van der Waals surface area contributed by atoms with E-state index in [1.54, 1.807) is 0 Å². The van der Waals surface area contributed by atoms with Crippen molar-refractivity contribution in [1.82, 2.24) is 0 Å². The minimum absolute atomic E-state index is 0.484. The van der Waals surface area contributed by atoms with Crippen molar-refractivity contribution in [2.24, 2.45) is 0 Å². The highest BCUT2D eigenvalue weighted by Gasteiger charge is 2.24. The van der Waals surface area contributed by atoms with E-state index in [0.717, 1.165) is 12.1 Å². The number of rotatable bonds is 5. The molecule has 0 aliphatic rings. The van der Waals surface area contributed by atoms with Gasteiger partial charge in [0.05, 0.1) is 0 Å². The fourth-order valence-corrected chi connectivity index (χ4v) is 1.28.